The molecule has 0 saturated heterocycles. The van der Waals surface area contributed by atoms with Crippen LogP contribution in [0.25, 0.3) is 0 Å². The van der Waals surface area contributed by atoms with E-state index in [0.29, 0.717) is 20.8 Å². The summed E-state index contributed by atoms with van der Waals surface area (Å²) in [6.07, 6.45) is 0. The fourth-order valence-corrected chi connectivity index (χ4v) is 5.92. The van der Waals surface area contributed by atoms with Gasteiger partial charge >= 0.3 is 0 Å². The van der Waals surface area contributed by atoms with Crippen LogP contribution in [0.3, 0.4) is 0 Å². The Morgan fingerprint density at radius 2 is 1.55 bits per heavy atom. The Kier molecular flexibility index (Phi) is 7.73. The fraction of sp³-hybridized carbons (Fsp3) is 0.350. The Bertz CT molecular complexity index is 896. The molecule has 0 atom stereocenters. The smallest absolute Gasteiger partial charge is 0.256 e. The van der Waals surface area contributed by atoms with Crippen LogP contribution in [0.1, 0.15) is 0 Å². The molecule has 0 heterocycles. The van der Waals surface area contributed by atoms with Crippen LogP contribution in [-0.4, -0.2) is 29.1 Å². The number of hydrogen-bond donors (Lipinski definition) is 0. The van der Waals surface area contributed by atoms with Crippen molar-refractivity contribution in [3.8, 4) is 11.5 Å². The standard InChI is InChI=1S/C20H26Cl3NO3Si2/c1-28(2,3)24(14-8-7-9-15(10-14)27-29(4,5)6)20(25)13-26-19-12-17(22)16(21)11-18(19)23/h7-12H,13H2,1-6H3. The van der Waals surface area contributed by atoms with Gasteiger partial charge in [0.25, 0.3) is 5.91 Å². The molecule has 0 aliphatic heterocycles. The lowest BCUT2D eigenvalue weighted by Crippen LogP contribution is -2.52. The van der Waals surface area contributed by atoms with E-state index in [4.69, 9.17) is 44.0 Å². The van der Waals surface area contributed by atoms with Crippen LogP contribution in [0.2, 0.25) is 54.3 Å². The minimum absolute atomic E-state index is 0.156. The molecule has 2 rings (SSSR count). The highest BCUT2D eigenvalue weighted by Crippen LogP contribution is 2.34. The molecule has 0 aromatic heterocycles. The summed E-state index contributed by atoms with van der Waals surface area (Å²) in [4.78, 5) is 13.1. The first-order chi connectivity index (χ1) is 13.3. The summed E-state index contributed by atoms with van der Waals surface area (Å²) in [5.74, 6) is 0.934. The molecule has 0 aliphatic rings. The monoisotopic (exact) mass is 489 g/mol. The van der Waals surface area contributed by atoms with Gasteiger partial charge in [-0.15, -0.1) is 0 Å². The zero-order chi connectivity index (χ0) is 22.0. The van der Waals surface area contributed by atoms with Crippen molar-refractivity contribution in [1.29, 1.82) is 0 Å². The quantitative estimate of drug-likeness (QED) is 0.306. The van der Waals surface area contributed by atoms with E-state index in [0.717, 1.165) is 11.4 Å². The van der Waals surface area contributed by atoms with E-state index in [1.165, 1.54) is 12.1 Å². The Labute approximate surface area is 189 Å². The van der Waals surface area contributed by atoms with Crippen molar-refractivity contribution in [3.63, 3.8) is 0 Å². The van der Waals surface area contributed by atoms with E-state index in [1.807, 2.05) is 28.8 Å². The number of carbonyl (C=O) groups is 1. The van der Waals surface area contributed by atoms with Crippen LogP contribution in [-0.2, 0) is 4.79 Å². The molecule has 4 nitrogen and oxygen atoms in total. The predicted molar refractivity (Wildman–Crippen MR) is 128 cm³/mol. The molecule has 0 spiro atoms. The molecule has 2 aromatic rings. The summed E-state index contributed by atoms with van der Waals surface area (Å²) in [5.41, 5.74) is 0.800. The van der Waals surface area contributed by atoms with Crippen molar-refractivity contribution in [2.75, 3.05) is 11.2 Å². The number of amides is 1. The highest BCUT2D eigenvalue weighted by Gasteiger charge is 2.31. The number of halogens is 3. The number of benzene rings is 2. The summed E-state index contributed by atoms with van der Waals surface area (Å²) in [6, 6.07) is 10.7. The van der Waals surface area contributed by atoms with E-state index < -0.39 is 16.6 Å². The predicted octanol–water partition coefficient (Wildman–Crippen LogP) is 7.11. The lowest BCUT2D eigenvalue weighted by Gasteiger charge is -2.34. The molecule has 0 radical (unpaired) electrons. The maximum absolute atomic E-state index is 13.1. The third kappa shape index (κ3) is 6.93. The molecule has 2 aromatic carbocycles. The Morgan fingerprint density at radius 1 is 0.931 bits per heavy atom. The molecule has 0 fully saturated rings. The van der Waals surface area contributed by atoms with Crippen molar-refractivity contribution >= 4 is 63.0 Å². The zero-order valence-corrected chi connectivity index (χ0v) is 21.7. The van der Waals surface area contributed by atoms with Crippen molar-refractivity contribution < 1.29 is 14.0 Å². The van der Waals surface area contributed by atoms with Crippen LogP contribution < -0.4 is 13.7 Å². The molecular formula is C20H26Cl3NO3Si2. The highest BCUT2D eigenvalue weighted by atomic mass is 35.5. The van der Waals surface area contributed by atoms with Gasteiger partial charge in [0.15, 0.2) is 14.8 Å². The van der Waals surface area contributed by atoms with Gasteiger partial charge in [-0.1, -0.05) is 60.5 Å². The van der Waals surface area contributed by atoms with Crippen molar-refractivity contribution in [3.05, 3.63) is 51.5 Å². The van der Waals surface area contributed by atoms with Gasteiger partial charge in [-0.3, -0.25) is 4.79 Å². The highest BCUT2D eigenvalue weighted by molar-refractivity contribution is 6.83. The van der Waals surface area contributed by atoms with E-state index in [9.17, 15) is 4.79 Å². The van der Waals surface area contributed by atoms with Crippen LogP contribution >= 0.6 is 34.8 Å². The Hall–Kier alpha value is -1.19. The summed E-state index contributed by atoms with van der Waals surface area (Å²) in [7, 11) is -3.82. The van der Waals surface area contributed by atoms with Crippen molar-refractivity contribution in [2.45, 2.75) is 39.3 Å². The van der Waals surface area contributed by atoms with Crippen LogP contribution in [0.15, 0.2) is 36.4 Å². The van der Waals surface area contributed by atoms with Crippen LogP contribution in [0, 0.1) is 0 Å². The first-order valence-electron chi connectivity index (χ1n) is 9.17. The zero-order valence-electron chi connectivity index (χ0n) is 17.5. The third-order valence-electron chi connectivity index (χ3n) is 3.75. The molecule has 0 unspecified atom stereocenters. The minimum atomic E-state index is -2.06. The van der Waals surface area contributed by atoms with Gasteiger partial charge in [0.05, 0.1) is 15.1 Å². The van der Waals surface area contributed by atoms with Gasteiger partial charge in [-0.25, -0.2) is 0 Å². The van der Waals surface area contributed by atoms with Gasteiger partial charge < -0.3 is 13.7 Å². The van der Waals surface area contributed by atoms with E-state index in [-0.39, 0.29) is 12.5 Å². The van der Waals surface area contributed by atoms with Gasteiger partial charge in [-0.05, 0) is 37.8 Å². The Balaban J connectivity index is 2.26. The number of anilines is 1. The molecule has 0 bridgehead atoms. The van der Waals surface area contributed by atoms with Crippen molar-refractivity contribution in [1.82, 2.24) is 0 Å². The average molecular weight is 491 g/mol. The maximum atomic E-state index is 13.1. The molecule has 0 saturated carbocycles. The summed E-state index contributed by atoms with van der Waals surface area (Å²) < 4.78 is 13.6. The number of rotatable bonds is 7. The van der Waals surface area contributed by atoms with Gasteiger partial charge in [0.1, 0.15) is 11.5 Å². The summed E-state index contributed by atoms with van der Waals surface area (Å²) in [5, 5.41) is 0.951. The second-order valence-electron chi connectivity index (χ2n) is 8.60. The molecule has 158 valence electrons. The lowest BCUT2D eigenvalue weighted by molar-refractivity contribution is -0.119. The summed E-state index contributed by atoms with van der Waals surface area (Å²) >= 11 is 18.1. The largest absolute Gasteiger partial charge is 0.544 e. The molecule has 0 aliphatic carbocycles. The lowest BCUT2D eigenvalue weighted by atomic mass is 10.3. The molecular weight excluding hydrogens is 465 g/mol. The second kappa shape index (κ2) is 9.31. The van der Waals surface area contributed by atoms with E-state index >= 15 is 0 Å². The normalized spacial score (nSPS) is 11.9. The fourth-order valence-electron chi connectivity index (χ4n) is 2.76. The van der Waals surface area contributed by atoms with Gasteiger partial charge in [-0.2, -0.15) is 0 Å². The Morgan fingerprint density at radius 3 is 2.14 bits per heavy atom. The number of carbonyl (C=O) groups excluding carboxylic acids is 1. The molecule has 9 heteroatoms. The van der Waals surface area contributed by atoms with Crippen LogP contribution in [0.4, 0.5) is 5.69 Å². The molecule has 29 heavy (non-hydrogen) atoms. The minimum Gasteiger partial charge on any atom is -0.544 e. The number of ether oxygens (including phenoxy) is 1. The third-order valence-corrected chi connectivity index (χ3v) is 7.46. The number of hydrogen-bond acceptors (Lipinski definition) is 3. The van der Waals surface area contributed by atoms with Crippen molar-refractivity contribution in [2.24, 2.45) is 0 Å². The molecule has 1 amide bonds. The summed E-state index contributed by atoms with van der Waals surface area (Å²) in [6.45, 7) is 12.5. The SMILES string of the molecule is C[Si](C)(C)Oc1cccc(N(C(=O)COc2cc(Cl)c(Cl)cc2Cl)[Si](C)(C)C)c1. The van der Waals surface area contributed by atoms with E-state index in [2.05, 4.69) is 39.3 Å². The van der Waals surface area contributed by atoms with Gasteiger partial charge in [0, 0.05) is 17.8 Å². The number of nitrogens with zero attached hydrogens (tertiary/aromatic N) is 1. The topological polar surface area (TPSA) is 38.8 Å². The average Bonchev–Trinajstić information content (AvgIpc) is 2.54. The molecule has 0 N–H and O–H groups in total. The first kappa shape index (κ1) is 24.1. The first-order valence-corrected chi connectivity index (χ1v) is 17.2. The van der Waals surface area contributed by atoms with Gasteiger partial charge in [0.2, 0.25) is 8.32 Å². The van der Waals surface area contributed by atoms with Crippen LogP contribution in [0.5, 0.6) is 11.5 Å². The van der Waals surface area contributed by atoms with E-state index in [1.54, 1.807) is 0 Å². The maximum Gasteiger partial charge on any atom is 0.256 e. The second-order valence-corrected chi connectivity index (χ2v) is 19.0.